The Morgan fingerprint density at radius 2 is 2.17 bits per heavy atom. The molecule has 0 aromatic carbocycles. The molecule has 0 aromatic heterocycles. The van der Waals surface area contributed by atoms with E-state index < -0.39 is 12.8 Å². The van der Waals surface area contributed by atoms with Gasteiger partial charge in [-0.05, 0) is 5.92 Å². The van der Waals surface area contributed by atoms with E-state index in [2.05, 4.69) is 28.8 Å². The van der Waals surface area contributed by atoms with E-state index in [1.54, 1.807) is 0 Å². The molecule has 6 heteroatoms. The molecule has 0 aromatic rings. The minimum absolute atomic E-state index is 0.145. The minimum atomic E-state index is -4.22. The highest BCUT2D eigenvalue weighted by Gasteiger charge is 2.29. The Hall–Kier alpha value is -0.330. The molecule has 1 rings (SSSR count). The summed E-state index contributed by atoms with van der Waals surface area (Å²) < 4.78 is 40.5. The Morgan fingerprint density at radius 1 is 1.44 bits per heavy atom. The molecule has 1 fully saturated rings. The fourth-order valence-electron chi connectivity index (χ4n) is 2.25. The maximum Gasteiger partial charge on any atom is 0.411 e. The van der Waals surface area contributed by atoms with E-state index in [0.717, 1.165) is 26.1 Å². The summed E-state index contributed by atoms with van der Waals surface area (Å²) in [6, 6.07) is 0.401. The van der Waals surface area contributed by atoms with Crippen molar-refractivity contribution in [2.45, 2.75) is 32.5 Å². The zero-order chi connectivity index (χ0) is 13.6. The van der Waals surface area contributed by atoms with Crippen LogP contribution in [0.1, 0.15) is 20.3 Å². The van der Waals surface area contributed by atoms with E-state index in [-0.39, 0.29) is 6.61 Å². The molecule has 2 atom stereocenters. The Labute approximate surface area is 107 Å². The monoisotopic (exact) mass is 268 g/mol. The molecule has 1 heterocycles. The topological polar surface area (TPSA) is 24.5 Å². The largest absolute Gasteiger partial charge is 0.411 e. The zero-order valence-corrected chi connectivity index (χ0v) is 11.1. The van der Waals surface area contributed by atoms with Crippen LogP contribution in [0.2, 0.25) is 0 Å². The van der Waals surface area contributed by atoms with Crippen molar-refractivity contribution in [1.29, 1.82) is 0 Å². The van der Waals surface area contributed by atoms with Crippen molar-refractivity contribution in [3.8, 4) is 0 Å². The normalized spacial score (nSPS) is 24.2. The van der Waals surface area contributed by atoms with Crippen LogP contribution < -0.4 is 5.32 Å². The summed E-state index contributed by atoms with van der Waals surface area (Å²) in [5, 5.41) is 3.33. The lowest BCUT2D eigenvalue weighted by molar-refractivity contribution is -0.175. The van der Waals surface area contributed by atoms with Crippen molar-refractivity contribution in [3.63, 3.8) is 0 Å². The summed E-state index contributed by atoms with van der Waals surface area (Å²) in [7, 11) is 0. The number of piperazine rings is 1. The fourth-order valence-corrected chi connectivity index (χ4v) is 2.25. The van der Waals surface area contributed by atoms with Gasteiger partial charge in [0.1, 0.15) is 6.61 Å². The number of ether oxygens (including phenoxy) is 1. The van der Waals surface area contributed by atoms with Gasteiger partial charge in [-0.3, -0.25) is 4.90 Å². The number of nitrogens with zero attached hydrogens (tertiary/aromatic N) is 1. The molecule has 0 amide bonds. The van der Waals surface area contributed by atoms with Crippen molar-refractivity contribution in [1.82, 2.24) is 10.2 Å². The van der Waals surface area contributed by atoms with Gasteiger partial charge < -0.3 is 10.1 Å². The SMILES string of the molecule is CCC(C)C1CNCCN1CCOCC(F)(F)F. The van der Waals surface area contributed by atoms with E-state index in [4.69, 9.17) is 0 Å². The fraction of sp³-hybridized carbons (Fsp3) is 1.00. The highest BCUT2D eigenvalue weighted by atomic mass is 19.4. The molecule has 1 N–H and O–H groups in total. The first-order chi connectivity index (χ1) is 8.44. The smallest absolute Gasteiger partial charge is 0.371 e. The second-order valence-electron chi connectivity index (χ2n) is 4.86. The summed E-state index contributed by atoms with van der Waals surface area (Å²) in [6.45, 7) is 6.58. The third kappa shape index (κ3) is 5.54. The summed E-state index contributed by atoms with van der Waals surface area (Å²) in [6.07, 6.45) is -3.15. The van der Waals surface area contributed by atoms with Gasteiger partial charge in [-0.2, -0.15) is 13.2 Å². The highest BCUT2D eigenvalue weighted by Crippen LogP contribution is 2.17. The van der Waals surface area contributed by atoms with Crippen molar-refractivity contribution in [2.75, 3.05) is 39.4 Å². The molecule has 1 saturated heterocycles. The van der Waals surface area contributed by atoms with Crippen molar-refractivity contribution >= 4 is 0 Å². The van der Waals surface area contributed by atoms with E-state index in [9.17, 15) is 13.2 Å². The third-order valence-electron chi connectivity index (χ3n) is 3.49. The Balaban J connectivity index is 2.29. The molecular formula is C12H23F3N2O. The van der Waals surface area contributed by atoms with Crippen molar-refractivity contribution in [2.24, 2.45) is 5.92 Å². The number of rotatable bonds is 6. The van der Waals surface area contributed by atoms with E-state index in [1.807, 2.05) is 0 Å². The van der Waals surface area contributed by atoms with Gasteiger partial charge in [0.05, 0.1) is 6.61 Å². The average Bonchev–Trinajstić information content (AvgIpc) is 2.33. The molecule has 1 aliphatic rings. The molecule has 3 nitrogen and oxygen atoms in total. The standard InChI is InChI=1S/C12H23F3N2O/c1-3-10(2)11-8-16-4-5-17(11)6-7-18-9-12(13,14)15/h10-11,16H,3-9H2,1-2H3. The van der Waals surface area contributed by atoms with Crippen LogP contribution in [0.4, 0.5) is 13.2 Å². The molecule has 108 valence electrons. The van der Waals surface area contributed by atoms with Gasteiger partial charge in [0.15, 0.2) is 0 Å². The zero-order valence-electron chi connectivity index (χ0n) is 11.1. The third-order valence-corrected chi connectivity index (χ3v) is 3.49. The van der Waals surface area contributed by atoms with Crippen LogP contribution in [0.25, 0.3) is 0 Å². The lowest BCUT2D eigenvalue weighted by Crippen LogP contribution is -2.54. The van der Waals surface area contributed by atoms with Crippen molar-refractivity contribution < 1.29 is 17.9 Å². The van der Waals surface area contributed by atoms with Gasteiger partial charge in [0.25, 0.3) is 0 Å². The molecule has 18 heavy (non-hydrogen) atoms. The Kier molecular flexibility index (Phi) is 6.38. The second kappa shape index (κ2) is 7.31. The van der Waals surface area contributed by atoms with Gasteiger partial charge >= 0.3 is 6.18 Å². The summed E-state index contributed by atoms with van der Waals surface area (Å²) >= 11 is 0. The van der Waals surface area contributed by atoms with Gasteiger partial charge in [-0.25, -0.2) is 0 Å². The molecule has 2 unspecified atom stereocenters. The van der Waals surface area contributed by atoms with Crippen LogP contribution in [0.5, 0.6) is 0 Å². The molecular weight excluding hydrogens is 245 g/mol. The predicted molar refractivity (Wildman–Crippen MR) is 64.6 cm³/mol. The first-order valence-electron chi connectivity index (χ1n) is 6.53. The maximum atomic E-state index is 11.9. The number of alkyl halides is 3. The summed E-state index contributed by atoms with van der Waals surface area (Å²) in [5.74, 6) is 0.542. The van der Waals surface area contributed by atoms with E-state index in [0.29, 0.717) is 18.5 Å². The Morgan fingerprint density at radius 3 is 2.78 bits per heavy atom. The predicted octanol–water partition coefficient (Wildman–Crippen LogP) is 1.89. The minimum Gasteiger partial charge on any atom is -0.371 e. The molecule has 0 saturated carbocycles. The summed E-state index contributed by atoms with van der Waals surface area (Å²) in [4.78, 5) is 2.24. The Bertz CT molecular complexity index is 236. The van der Waals surface area contributed by atoms with Gasteiger partial charge in [-0.15, -0.1) is 0 Å². The molecule has 0 bridgehead atoms. The number of hydrogen-bond donors (Lipinski definition) is 1. The molecule has 0 radical (unpaired) electrons. The quantitative estimate of drug-likeness (QED) is 0.744. The lowest BCUT2D eigenvalue weighted by Gasteiger charge is -2.39. The van der Waals surface area contributed by atoms with Gasteiger partial charge in [-0.1, -0.05) is 20.3 Å². The van der Waals surface area contributed by atoms with Crippen LogP contribution in [0.15, 0.2) is 0 Å². The van der Waals surface area contributed by atoms with E-state index >= 15 is 0 Å². The maximum absolute atomic E-state index is 11.9. The molecule has 1 aliphatic heterocycles. The first-order valence-corrected chi connectivity index (χ1v) is 6.53. The first kappa shape index (κ1) is 15.7. The number of halogens is 3. The van der Waals surface area contributed by atoms with Crippen LogP contribution in [-0.2, 0) is 4.74 Å². The van der Waals surface area contributed by atoms with Crippen LogP contribution >= 0.6 is 0 Å². The summed E-state index contributed by atoms with van der Waals surface area (Å²) in [5.41, 5.74) is 0. The van der Waals surface area contributed by atoms with Crippen LogP contribution in [-0.4, -0.2) is 56.5 Å². The van der Waals surface area contributed by atoms with Crippen LogP contribution in [0, 0.1) is 5.92 Å². The lowest BCUT2D eigenvalue weighted by atomic mass is 9.96. The van der Waals surface area contributed by atoms with Crippen molar-refractivity contribution in [3.05, 3.63) is 0 Å². The van der Waals surface area contributed by atoms with E-state index in [1.165, 1.54) is 0 Å². The van der Waals surface area contributed by atoms with Gasteiger partial charge in [0.2, 0.25) is 0 Å². The van der Waals surface area contributed by atoms with Crippen LogP contribution in [0.3, 0.4) is 0 Å². The van der Waals surface area contributed by atoms with Gasteiger partial charge in [0, 0.05) is 32.2 Å². The molecule has 0 spiro atoms. The average molecular weight is 268 g/mol. The highest BCUT2D eigenvalue weighted by molar-refractivity contribution is 4.83. The number of hydrogen-bond acceptors (Lipinski definition) is 3. The molecule has 0 aliphatic carbocycles. The second-order valence-corrected chi connectivity index (χ2v) is 4.86. The number of nitrogens with one attached hydrogen (secondary N) is 1.